The molecule has 0 saturated carbocycles. The standard InChI is InChI=1S/C27H18F7N5/c28-19-3-1-2-18(27(32,33)34)23(19)14-6-7-21-17(10-14)24(15-4-5-16(12-35)20(29)11-15)38-25(37-21)39-9-8-22(36)26(30,31)13-39/h1-7,10-11,22H,8-9,13,36H2. The van der Waals surface area contributed by atoms with Gasteiger partial charge in [-0.05, 0) is 48.4 Å². The molecule has 0 bridgehead atoms. The number of nitrogens with two attached hydrogens (primary N) is 1. The Bertz CT molecular complexity index is 1630. The lowest BCUT2D eigenvalue weighted by Crippen LogP contribution is -2.55. The lowest BCUT2D eigenvalue weighted by Gasteiger charge is -2.36. The van der Waals surface area contributed by atoms with Crippen molar-refractivity contribution < 1.29 is 30.7 Å². The molecule has 200 valence electrons. The molecule has 4 aromatic rings. The number of nitriles is 1. The highest BCUT2D eigenvalue weighted by atomic mass is 19.4. The van der Waals surface area contributed by atoms with Crippen molar-refractivity contribution in [2.75, 3.05) is 18.0 Å². The first-order valence-electron chi connectivity index (χ1n) is 11.7. The molecule has 1 aromatic heterocycles. The Hall–Kier alpha value is -4.24. The number of piperidine rings is 1. The van der Waals surface area contributed by atoms with Gasteiger partial charge < -0.3 is 10.6 Å². The van der Waals surface area contributed by atoms with Gasteiger partial charge in [-0.1, -0.05) is 18.2 Å². The minimum atomic E-state index is -4.85. The smallest absolute Gasteiger partial charge is 0.335 e. The molecule has 12 heteroatoms. The maximum absolute atomic E-state index is 14.7. The van der Waals surface area contributed by atoms with Crippen LogP contribution in [0.15, 0.2) is 54.6 Å². The van der Waals surface area contributed by atoms with Gasteiger partial charge in [-0.25, -0.2) is 27.5 Å². The van der Waals surface area contributed by atoms with Crippen molar-refractivity contribution in [2.24, 2.45) is 5.73 Å². The van der Waals surface area contributed by atoms with E-state index in [0.29, 0.717) is 0 Å². The first-order chi connectivity index (χ1) is 18.4. The number of aromatic nitrogens is 2. The molecule has 0 amide bonds. The zero-order valence-corrected chi connectivity index (χ0v) is 19.9. The molecule has 0 radical (unpaired) electrons. The molecular weight excluding hydrogens is 527 g/mol. The highest BCUT2D eigenvalue weighted by Gasteiger charge is 2.43. The molecule has 1 atom stereocenters. The van der Waals surface area contributed by atoms with Crippen LogP contribution in [0.5, 0.6) is 0 Å². The first-order valence-corrected chi connectivity index (χ1v) is 11.7. The molecule has 1 aliphatic heterocycles. The fourth-order valence-corrected chi connectivity index (χ4v) is 4.57. The fourth-order valence-electron chi connectivity index (χ4n) is 4.57. The third-order valence-electron chi connectivity index (χ3n) is 6.59. The van der Waals surface area contributed by atoms with Crippen LogP contribution in [0.1, 0.15) is 17.5 Å². The van der Waals surface area contributed by atoms with Gasteiger partial charge in [-0.15, -0.1) is 0 Å². The van der Waals surface area contributed by atoms with Gasteiger partial charge in [0.1, 0.15) is 17.7 Å². The normalized spacial score (nSPS) is 17.3. The quantitative estimate of drug-likeness (QED) is 0.306. The average Bonchev–Trinajstić information content (AvgIpc) is 2.88. The van der Waals surface area contributed by atoms with Crippen molar-refractivity contribution >= 4 is 16.9 Å². The Morgan fingerprint density at radius 1 is 0.974 bits per heavy atom. The molecule has 1 fully saturated rings. The van der Waals surface area contributed by atoms with Crippen LogP contribution in [-0.4, -0.2) is 35.0 Å². The average molecular weight is 545 g/mol. The van der Waals surface area contributed by atoms with E-state index in [1.54, 1.807) is 6.07 Å². The predicted molar refractivity (Wildman–Crippen MR) is 130 cm³/mol. The van der Waals surface area contributed by atoms with E-state index < -0.39 is 47.4 Å². The van der Waals surface area contributed by atoms with Crippen LogP contribution in [0.3, 0.4) is 0 Å². The van der Waals surface area contributed by atoms with Crippen LogP contribution < -0.4 is 10.6 Å². The summed E-state index contributed by atoms with van der Waals surface area (Å²) in [7, 11) is 0. The maximum Gasteiger partial charge on any atom is 0.417 e. The molecule has 0 aliphatic carbocycles. The topological polar surface area (TPSA) is 78.8 Å². The molecule has 1 saturated heterocycles. The Morgan fingerprint density at radius 2 is 1.72 bits per heavy atom. The number of rotatable bonds is 3. The third kappa shape index (κ3) is 4.85. The molecule has 39 heavy (non-hydrogen) atoms. The van der Waals surface area contributed by atoms with E-state index in [1.807, 2.05) is 0 Å². The number of fused-ring (bicyclic) bond motifs is 1. The van der Waals surface area contributed by atoms with Gasteiger partial charge >= 0.3 is 6.18 Å². The number of alkyl halides is 5. The molecule has 3 aromatic carbocycles. The van der Waals surface area contributed by atoms with E-state index in [2.05, 4.69) is 9.97 Å². The van der Waals surface area contributed by atoms with Crippen LogP contribution in [0.4, 0.5) is 36.7 Å². The molecule has 1 aliphatic rings. The Morgan fingerprint density at radius 3 is 2.38 bits per heavy atom. The van der Waals surface area contributed by atoms with Crippen molar-refractivity contribution in [3.05, 3.63) is 77.4 Å². The summed E-state index contributed by atoms with van der Waals surface area (Å²) in [5, 5.41) is 9.21. The van der Waals surface area contributed by atoms with Crippen LogP contribution in [0, 0.1) is 23.0 Å². The summed E-state index contributed by atoms with van der Waals surface area (Å²) in [6, 6.07) is 10.3. The Kier molecular flexibility index (Phi) is 6.42. The monoisotopic (exact) mass is 545 g/mol. The minimum Gasteiger partial charge on any atom is -0.335 e. The van der Waals surface area contributed by atoms with E-state index in [9.17, 15) is 30.7 Å². The zero-order chi connectivity index (χ0) is 28.1. The highest BCUT2D eigenvalue weighted by molar-refractivity contribution is 5.96. The Balaban J connectivity index is 1.74. The number of halogens is 7. The number of benzene rings is 3. The van der Waals surface area contributed by atoms with Gasteiger partial charge in [0.15, 0.2) is 0 Å². The second-order valence-corrected chi connectivity index (χ2v) is 9.15. The second kappa shape index (κ2) is 9.50. The predicted octanol–water partition coefficient (Wildman–Crippen LogP) is 6.31. The van der Waals surface area contributed by atoms with Gasteiger partial charge in [0.2, 0.25) is 5.95 Å². The van der Waals surface area contributed by atoms with Crippen LogP contribution in [-0.2, 0) is 6.18 Å². The molecule has 5 nitrogen and oxygen atoms in total. The fraction of sp³-hybridized carbons (Fsp3) is 0.222. The highest BCUT2D eigenvalue weighted by Crippen LogP contribution is 2.40. The van der Waals surface area contributed by atoms with E-state index >= 15 is 0 Å². The first kappa shape index (κ1) is 26.4. The number of hydrogen-bond donors (Lipinski definition) is 1. The van der Waals surface area contributed by atoms with Crippen molar-refractivity contribution in [3.63, 3.8) is 0 Å². The number of nitrogens with zero attached hydrogens (tertiary/aromatic N) is 4. The molecule has 2 heterocycles. The number of anilines is 1. The zero-order valence-electron chi connectivity index (χ0n) is 19.9. The minimum absolute atomic E-state index is 0.00308. The van der Waals surface area contributed by atoms with Gasteiger partial charge in [0.05, 0.1) is 34.9 Å². The van der Waals surface area contributed by atoms with Crippen molar-refractivity contribution in [2.45, 2.75) is 24.6 Å². The van der Waals surface area contributed by atoms with E-state index in [-0.39, 0.29) is 52.2 Å². The van der Waals surface area contributed by atoms with Crippen molar-refractivity contribution in [3.8, 4) is 28.5 Å². The van der Waals surface area contributed by atoms with Crippen molar-refractivity contribution in [1.29, 1.82) is 5.26 Å². The second-order valence-electron chi connectivity index (χ2n) is 9.15. The Labute approximate surface area is 217 Å². The summed E-state index contributed by atoms with van der Waals surface area (Å²) >= 11 is 0. The van der Waals surface area contributed by atoms with E-state index in [0.717, 1.165) is 24.3 Å². The number of hydrogen-bond acceptors (Lipinski definition) is 5. The summed E-state index contributed by atoms with van der Waals surface area (Å²) in [4.78, 5) is 9.95. The van der Waals surface area contributed by atoms with Gasteiger partial charge in [-0.3, -0.25) is 0 Å². The van der Waals surface area contributed by atoms with Crippen molar-refractivity contribution in [1.82, 2.24) is 9.97 Å². The third-order valence-corrected chi connectivity index (χ3v) is 6.59. The van der Waals surface area contributed by atoms with E-state index in [4.69, 9.17) is 11.0 Å². The van der Waals surface area contributed by atoms with Gasteiger partial charge in [0, 0.05) is 23.1 Å². The SMILES string of the molecule is N#Cc1ccc(-c2nc(N3CCC(N)C(F)(F)C3)nc3ccc(-c4c(F)cccc4C(F)(F)F)cc23)cc1F. The lowest BCUT2D eigenvalue weighted by molar-refractivity contribution is -0.137. The summed E-state index contributed by atoms with van der Waals surface area (Å²) in [6.45, 7) is -0.672. The lowest BCUT2D eigenvalue weighted by atomic mass is 9.95. The molecule has 2 N–H and O–H groups in total. The summed E-state index contributed by atoms with van der Waals surface area (Å²) in [5.41, 5.74) is 3.50. The maximum atomic E-state index is 14.7. The molecular formula is C27H18F7N5. The molecule has 0 spiro atoms. The summed E-state index contributed by atoms with van der Waals surface area (Å²) in [6.07, 6.45) is -4.91. The summed E-state index contributed by atoms with van der Waals surface area (Å²) in [5.74, 6) is -5.36. The van der Waals surface area contributed by atoms with Crippen LogP contribution in [0.25, 0.3) is 33.3 Å². The van der Waals surface area contributed by atoms with Crippen LogP contribution >= 0.6 is 0 Å². The summed E-state index contributed by atoms with van der Waals surface area (Å²) < 4.78 is 99.2. The van der Waals surface area contributed by atoms with Gasteiger partial charge in [0.25, 0.3) is 5.92 Å². The van der Waals surface area contributed by atoms with Gasteiger partial charge in [-0.2, -0.15) is 18.4 Å². The molecule has 1 unspecified atom stereocenters. The molecule has 5 rings (SSSR count). The largest absolute Gasteiger partial charge is 0.417 e. The van der Waals surface area contributed by atoms with Crippen LogP contribution in [0.2, 0.25) is 0 Å². The van der Waals surface area contributed by atoms with E-state index in [1.165, 1.54) is 35.2 Å².